The Labute approximate surface area is 140 Å². The normalized spacial score (nSPS) is 10.2. The lowest BCUT2D eigenvalue weighted by atomic mass is 10.2. The minimum absolute atomic E-state index is 0.0600. The summed E-state index contributed by atoms with van der Waals surface area (Å²) in [5.74, 6) is 0.377. The Hall–Kier alpha value is -2.24. The third-order valence-electron chi connectivity index (χ3n) is 2.99. The van der Waals surface area contributed by atoms with Gasteiger partial charge in [0.1, 0.15) is 5.75 Å². The van der Waals surface area contributed by atoms with Gasteiger partial charge < -0.3 is 20.1 Å². The molecule has 6 heteroatoms. The molecule has 0 atom stereocenters. The smallest absolute Gasteiger partial charge is 0.262 e. The number of methoxy groups -OCH3 is 1. The van der Waals surface area contributed by atoms with Crippen LogP contribution in [0, 0.1) is 0 Å². The predicted octanol–water partition coefficient (Wildman–Crippen LogP) is 3.42. The molecule has 0 aliphatic carbocycles. The van der Waals surface area contributed by atoms with E-state index >= 15 is 0 Å². The molecule has 2 rings (SSSR count). The summed E-state index contributed by atoms with van der Waals surface area (Å²) >= 11 is 5.79. The first-order valence-corrected chi connectivity index (χ1v) is 7.56. The van der Waals surface area contributed by atoms with Gasteiger partial charge in [0.15, 0.2) is 6.61 Å². The van der Waals surface area contributed by atoms with Crippen LogP contribution in [0.5, 0.6) is 5.75 Å². The number of anilines is 2. The molecule has 0 unspecified atom stereocenters. The average molecular weight is 335 g/mol. The minimum Gasteiger partial charge on any atom is -0.484 e. The van der Waals surface area contributed by atoms with E-state index in [1.54, 1.807) is 31.4 Å². The van der Waals surface area contributed by atoms with Gasteiger partial charge in [0, 0.05) is 30.1 Å². The number of hydrogen-bond donors (Lipinski definition) is 2. The highest BCUT2D eigenvalue weighted by Gasteiger charge is 2.04. The summed E-state index contributed by atoms with van der Waals surface area (Å²) in [6, 6.07) is 14.3. The van der Waals surface area contributed by atoms with Gasteiger partial charge >= 0.3 is 0 Å². The topological polar surface area (TPSA) is 59.6 Å². The summed E-state index contributed by atoms with van der Waals surface area (Å²) in [6.07, 6.45) is 0. The number of carbonyl (C=O) groups is 1. The van der Waals surface area contributed by atoms with Gasteiger partial charge in [-0.2, -0.15) is 0 Å². The van der Waals surface area contributed by atoms with Crippen molar-refractivity contribution in [3.8, 4) is 5.75 Å². The Morgan fingerprint density at radius 2 is 1.70 bits per heavy atom. The number of amides is 1. The number of hydrogen-bond acceptors (Lipinski definition) is 4. The van der Waals surface area contributed by atoms with Gasteiger partial charge in [0.2, 0.25) is 0 Å². The van der Waals surface area contributed by atoms with Crippen LogP contribution in [0.1, 0.15) is 0 Å². The summed E-state index contributed by atoms with van der Waals surface area (Å²) in [5, 5.41) is 6.61. The van der Waals surface area contributed by atoms with Gasteiger partial charge in [-0.15, -0.1) is 0 Å². The molecule has 0 heterocycles. The van der Waals surface area contributed by atoms with Crippen molar-refractivity contribution in [1.82, 2.24) is 0 Å². The number of carbonyl (C=O) groups excluding carboxylic acids is 1. The van der Waals surface area contributed by atoms with Crippen LogP contribution in [-0.4, -0.2) is 32.8 Å². The molecule has 1 amide bonds. The fourth-order valence-corrected chi connectivity index (χ4v) is 1.97. The van der Waals surface area contributed by atoms with Gasteiger partial charge in [-0.25, -0.2) is 0 Å². The van der Waals surface area contributed by atoms with Crippen LogP contribution < -0.4 is 15.4 Å². The lowest BCUT2D eigenvalue weighted by Gasteiger charge is -2.09. The van der Waals surface area contributed by atoms with Gasteiger partial charge in [-0.1, -0.05) is 11.6 Å². The van der Waals surface area contributed by atoms with Crippen molar-refractivity contribution in [2.75, 3.05) is 37.5 Å². The summed E-state index contributed by atoms with van der Waals surface area (Å²) < 4.78 is 10.4. The second-order valence-electron chi connectivity index (χ2n) is 4.79. The van der Waals surface area contributed by atoms with E-state index in [1.165, 1.54) is 0 Å². The van der Waals surface area contributed by atoms with Crippen LogP contribution in [0.25, 0.3) is 0 Å². The van der Waals surface area contributed by atoms with E-state index in [2.05, 4.69) is 10.6 Å². The summed E-state index contributed by atoms with van der Waals surface area (Å²) in [6.45, 7) is 1.31. The molecule has 0 saturated carbocycles. The van der Waals surface area contributed by atoms with Crippen LogP contribution in [0.3, 0.4) is 0 Å². The zero-order valence-electron chi connectivity index (χ0n) is 12.8. The maximum atomic E-state index is 11.9. The van der Waals surface area contributed by atoms with Crippen molar-refractivity contribution in [3.05, 3.63) is 53.6 Å². The first-order valence-electron chi connectivity index (χ1n) is 7.18. The molecule has 0 aliphatic heterocycles. The highest BCUT2D eigenvalue weighted by molar-refractivity contribution is 6.30. The molecule has 122 valence electrons. The van der Waals surface area contributed by atoms with E-state index in [0.29, 0.717) is 23.1 Å². The van der Waals surface area contributed by atoms with Gasteiger partial charge in [-0.05, 0) is 48.5 Å². The Balaban J connectivity index is 1.77. The fourth-order valence-electron chi connectivity index (χ4n) is 1.85. The Kier molecular flexibility index (Phi) is 6.72. The summed E-state index contributed by atoms with van der Waals surface area (Å²) in [5.41, 5.74) is 1.68. The molecule has 0 aromatic heterocycles. The van der Waals surface area contributed by atoms with Crippen molar-refractivity contribution >= 4 is 28.9 Å². The predicted molar refractivity (Wildman–Crippen MR) is 92.4 cm³/mol. The van der Waals surface area contributed by atoms with E-state index in [1.807, 2.05) is 24.3 Å². The molecule has 0 radical (unpaired) electrons. The van der Waals surface area contributed by atoms with E-state index in [0.717, 1.165) is 12.2 Å². The SMILES string of the molecule is COCCNc1ccc(NC(=O)COc2ccc(Cl)cc2)cc1. The molecule has 0 fully saturated rings. The Morgan fingerprint density at radius 1 is 1.04 bits per heavy atom. The maximum Gasteiger partial charge on any atom is 0.262 e. The van der Waals surface area contributed by atoms with Crippen LogP contribution in [-0.2, 0) is 9.53 Å². The van der Waals surface area contributed by atoms with Crippen molar-refractivity contribution in [2.24, 2.45) is 0 Å². The average Bonchev–Trinajstić information content (AvgIpc) is 2.56. The molecule has 2 aromatic carbocycles. The standard InChI is InChI=1S/C17H19ClN2O3/c1-22-11-10-19-14-4-6-15(7-5-14)20-17(21)12-23-16-8-2-13(18)3-9-16/h2-9,19H,10-12H2,1H3,(H,20,21). The molecule has 0 aliphatic rings. The maximum absolute atomic E-state index is 11.9. The van der Waals surface area contributed by atoms with Crippen molar-refractivity contribution in [2.45, 2.75) is 0 Å². The number of ether oxygens (including phenoxy) is 2. The van der Waals surface area contributed by atoms with E-state index in [9.17, 15) is 4.79 Å². The quantitative estimate of drug-likeness (QED) is 0.726. The van der Waals surface area contributed by atoms with Crippen LogP contribution in [0.2, 0.25) is 5.02 Å². The second kappa shape index (κ2) is 9.02. The van der Waals surface area contributed by atoms with Gasteiger partial charge in [0.05, 0.1) is 6.61 Å². The van der Waals surface area contributed by atoms with Gasteiger partial charge in [-0.3, -0.25) is 4.79 Å². The van der Waals surface area contributed by atoms with E-state index < -0.39 is 0 Å². The Morgan fingerprint density at radius 3 is 2.35 bits per heavy atom. The molecule has 2 aromatic rings. The van der Waals surface area contributed by atoms with E-state index in [-0.39, 0.29) is 12.5 Å². The summed E-state index contributed by atoms with van der Waals surface area (Å²) in [7, 11) is 1.66. The highest BCUT2D eigenvalue weighted by Crippen LogP contribution is 2.16. The zero-order valence-corrected chi connectivity index (χ0v) is 13.6. The van der Waals surface area contributed by atoms with Crippen molar-refractivity contribution in [3.63, 3.8) is 0 Å². The molecule has 0 saturated heterocycles. The largest absolute Gasteiger partial charge is 0.484 e. The van der Waals surface area contributed by atoms with Crippen LogP contribution in [0.4, 0.5) is 11.4 Å². The molecule has 23 heavy (non-hydrogen) atoms. The third-order valence-corrected chi connectivity index (χ3v) is 3.24. The van der Waals surface area contributed by atoms with Crippen LogP contribution in [0.15, 0.2) is 48.5 Å². The molecule has 0 spiro atoms. The number of nitrogens with one attached hydrogen (secondary N) is 2. The number of rotatable bonds is 8. The number of benzene rings is 2. The molecule has 2 N–H and O–H groups in total. The van der Waals surface area contributed by atoms with Crippen molar-refractivity contribution < 1.29 is 14.3 Å². The first kappa shape index (κ1) is 17.1. The first-order chi connectivity index (χ1) is 11.2. The molecule has 0 bridgehead atoms. The summed E-state index contributed by atoms with van der Waals surface area (Å²) in [4.78, 5) is 11.9. The van der Waals surface area contributed by atoms with E-state index in [4.69, 9.17) is 21.1 Å². The van der Waals surface area contributed by atoms with Crippen LogP contribution >= 0.6 is 11.6 Å². The number of halogens is 1. The lowest BCUT2D eigenvalue weighted by molar-refractivity contribution is -0.118. The Bertz CT molecular complexity index is 615. The molecular formula is C17H19ClN2O3. The zero-order chi connectivity index (χ0) is 16.5. The highest BCUT2D eigenvalue weighted by atomic mass is 35.5. The second-order valence-corrected chi connectivity index (χ2v) is 5.22. The van der Waals surface area contributed by atoms with Gasteiger partial charge in [0.25, 0.3) is 5.91 Å². The molecule has 5 nitrogen and oxygen atoms in total. The minimum atomic E-state index is -0.222. The molecular weight excluding hydrogens is 316 g/mol. The monoisotopic (exact) mass is 334 g/mol. The fraction of sp³-hybridized carbons (Fsp3) is 0.235. The third kappa shape index (κ3) is 6.18. The lowest BCUT2D eigenvalue weighted by Crippen LogP contribution is -2.20. The van der Waals surface area contributed by atoms with Crippen molar-refractivity contribution in [1.29, 1.82) is 0 Å².